The fraction of sp³-hybridized carbons (Fsp3) is 0.500. The van der Waals surface area contributed by atoms with Crippen molar-refractivity contribution < 1.29 is 29.0 Å². The normalized spacial score (nSPS) is 19.3. The summed E-state index contributed by atoms with van der Waals surface area (Å²) in [6.07, 6.45) is 0.762. The Morgan fingerprint density at radius 2 is 1.90 bits per heavy atom. The number of rotatable bonds is 3. The fourth-order valence-electron chi connectivity index (χ4n) is 3.88. The summed E-state index contributed by atoms with van der Waals surface area (Å²) in [5.41, 5.74) is -1.10. The van der Waals surface area contributed by atoms with Gasteiger partial charge in [0.25, 0.3) is 5.91 Å². The lowest BCUT2D eigenvalue weighted by atomic mass is 9.64. The number of ether oxygens (including phenoxy) is 2. The molecule has 2 aliphatic rings. The van der Waals surface area contributed by atoms with Crippen LogP contribution in [0.2, 0.25) is 5.02 Å². The van der Waals surface area contributed by atoms with Crippen molar-refractivity contribution in [2.45, 2.75) is 57.6 Å². The number of Topliss-reactive ketones (excluding diaryl/α,β-unsaturated/α-hetero) is 1. The van der Waals surface area contributed by atoms with E-state index < -0.39 is 40.5 Å². The number of carbonyl (C=O) groups is 3. The van der Waals surface area contributed by atoms with E-state index >= 15 is 0 Å². The van der Waals surface area contributed by atoms with E-state index in [1.165, 1.54) is 6.92 Å². The highest BCUT2D eigenvalue weighted by molar-refractivity contribution is 6.32. The van der Waals surface area contributed by atoms with Crippen molar-refractivity contribution in [2.24, 2.45) is 0 Å². The molecule has 1 saturated heterocycles. The molecule has 30 heavy (non-hydrogen) atoms. The van der Waals surface area contributed by atoms with Crippen LogP contribution in [0.4, 0.5) is 0 Å². The highest BCUT2D eigenvalue weighted by Crippen LogP contribution is 2.46. The van der Waals surface area contributed by atoms with Crippen LogP contribution in [0, 0.1) is 0 Å². The maximum atomic E-state index is 13.5. The third kappa shape index (κ3) is 4.09. The Bertz CT molecular complexity index is 924. The molecule has 8 heteroatoms. The van der Waals surface area contributed by atoms with E-state index in [9.17, 15) is 19.5 Å². The summed E-state index contributed by atoms with van der Waals surface area (Å²) < 4.78 is 10.7. The second-order valence-corrected chi connectivity index (χ2v) is 9.10. The lowest BCUT2D eigenvalue weighted by Crippen LogP contribution is -2.50. The second-order valence-electron chi connectivity index (χ2n) is 8.67. The van der Waals surface area contributed by atoms with Crippen molar-refractivity contribution in [3.8, 4) is 0 Å². The number of ketones is 1. The summed E-state index contributed by atoms with van der Waals surface area (Å²) in [6, 6.07) is 3.92. The number of nitrogens with one attached hydrogen (secondary N) is 1. The minimum Gasteiger partial charge on any atom is -0.506 e. The molecular formula is C22H26ClNO6. The molecule has 1 aromatic rings. The molecule has 0 bridgehead atoms. The van der Waals surface area contributed by atoms with Crippen LogP contribution >= 0.6 is 11.6 Å². The lowest BCUT2D eigenvalue weighted by Gasteiger charge is -2.40. The van der Waals surface area contributed by atoms with Crippen LogP contribution in [-0.4, -0.2) is 47.6 Å². The van der Waals surface area contributed by atoms with E-state index in [2.05, 4.69) is 5.32 Å². The van der Waals surface area contributed by atoms with Gasteiger partial charge in [0.15, 0.2) is 5.78 Å². The highest BCUT2D eigenvalue weighted by atomic mass is 35.5. The van der Waals surface area contributed by atoms with E-state index in [1.807, 2.05) is 0 Å². The standard InChI is InChI=1S/C22H26ClNO6/c1-12(20(28)30-21(2,3)4)24-19(27)16-17(25)14-11-13(23)5-6-15(14)22(18(16)26)7-9-29-10-8-22/h5-6,11-12,25H,7-10H2,1-4H3,(H,24,27)/t12-/m0/s1. The van der Waals surface area contributed by atoms with E-state index in [0.717, 1.165) is 0 Å². The Kier molecular flexibility index (Phi) is 5.98. The SMILES string of the molecule is C[C@H](NC(=O)C1=C(O)c2cc(Cl)ccc2C2(CCOCC2)C1=O)C(=O)OC(C)(C)C. The molecule has 7 nitrogen and oxygen atoms in total. The number of esters is 1. The third-order valence-corrected chi connectivity index (χ3v) is 5.57. The first-order chi connectivity index (χ1) is 14.0. The zero-order chi connectivity index (χ0) is 22.3. The molecule has 1 amide bonds. The number of hydrogen-bond donors (Lipinski definition) is 2. The van der Waals surface area contributed by atoms with Crippen molar-refractivity contribution in [3.05, 3.63) is 39.9 Å². The van der Waals surface area contributed by atoms with Gasteiger partial charge in [0.2, 0.25) is 0 Å². The smallest absolute Gasteiger partial charge is 0.328 e. The van der Waals surface area contributed by atoms with E-state index in [0.29, 0.717) is 42.2 Å². The number of aliphatic hydroxyl groups is 1. The summed E-state index contributed by atoms with van der Waals surface area (Å²) in [6.45, 7) is 7.33. The van der Waals surface area contributed by atoms with E-state index in [1.54, 1.807) is 39.0 Å². The van der Waals surface area contributed by atoms with Crippen molar-refractivity contribution in [1.82, 2.24) is 5.32 Å². The lowest BCUT2D eigenvalue weighted by molar-refractivity contribution is -0.158. The van der Waals surface area contributed by atoms with Crippen molar-refractivity contribution in [1.29, 1.82) is 0 Å². The zero-order valence-corrected chi connectivity index (χ0v) is 18.3. The van der Waals surface area contributed by atoms with Gasteiger partial charge in [0.1, 0.15) is 23.0 Å². The Balaban J connectivity index is 1.99. The second kappa shape index (κ2) is 8.04. The molecule has 0 unspecified atom stereocenters. The van der Waals surface area contributed by atoms with E-state index in [-0.39, 0.29) is 5.57 Å². The number of benzene rings is 1. The summed E-state index contributed by atoms with van der Waals surface area (Å²) in [5.74, 6) is -2.38. The predicted molar refractivity (Wildman–Crippen MR) is 111 cm³/mol. The molecule has 2 N–H and O–H groups in total. The Hall–Kier alpha value is -2.38. The van der Waals surface area contributed by atoms with Gasteiger partial charge in [0.05, 0.1) is 5.41 Å². The molecule has 162 valence electrons. The number of carbonyl (C=O) groups excluding carboxylic acids is 3. The van der Waals surface area contributed by atoms with Crippen molar-refractivity contribution >= 4 is 35.0 Å². The van der Waals surface area contributed by atoms with Gasteiger partial charge in [-0.2, -0.15) is 0 Å². The number of aliphatic hydroxyl groups excluding tert-OH is 1. The Morgan fingerprint density at radius 1 is 1.27 bits per heavy atom. The van der Waals surface area contributed by atoms with Crippen molar-refractivity contribution in [3.63, 3.8) is 0 Å². The molecule has 1 fully saturated rings. The largest absolute Gasteiger partial charge is 0.506 e. The minimum absolute atomic E-state index is 0.346. The van der Waals surface area contributed by atoms with Gasteiger partial charge in [-0.15, -0.1) is 0 Å². The molecule has 0 aromatic heterocycles. The summed E-state index contributed by atoms with van der Waals surface area (Å²) in [4.78, 5) is 38.7. The highest BCUT2D eigenvalue weighted by Gasteiger charge is 2.50. The average Bonchev–Trinajstić information content (AvgIpc) is 2.66. The molecule has 3 rings (SSSR count). The number of fused-ring (bicyclic) bond motifs is 2. The molecule has 1 spiro atoms. The van der Waals surface area contributed by atoms with E-state index in [4.69, 9.17) is 21.1 Å². The average molecular weight is 436 g/mol. The summed E-state index contributed by atoms with van der Waals surface area (Å²) >= 11 is 6.12. The van der Waals surface area contributed by atoms with Crippen LogP contribution in [0.25, 0.3) is 5.76 Å². The van der Waals surface area contributed by atoms with Gasteiger partial charge in [-0.1, -0.05) is 17.7 Å². The van der Waals surface area contributed by atoms with Gasteiger partial charge < -0.3 is 19.9 Å². The number of amides is 1. The van der Waals surface area contributed by atoms with Crippen LogP contribution in [0.5, 0.6) is 0 Å². The van der Waals surface area contributed by atoms with Gasteiger partial charge in [-0.05, 0) is 58.2 Å². The molecule has 1 aliphatic carbocycles. The minimum atomic E-state index is -1.00. The predicted octanol–water partition coefficient (Wildman–Crippen LogP) is 3.09. The van der Waals surface area contributed by atoms with Crippen molar-refractivity contribution in [2.75, 3.05) is 13.2 Å². The monoisotopic (exact) mass is 435 g/mol. The van der Waals surface area contributed by atoms with Crippen LogP contribution in [-0.2, 0) is 29.3 Å². The molecule has 1 aromatic carbocycles. The first-order valence-corrected chi connectivity index (χ1v) is 10.2. The van der Waals surface area contributed by atoms with Gasteiger partial charge >= 0.3 is 5.97 Å². The van der Waals surface area contributed by atoms with Gasteiger partial charge in [-0.3, -0.25) is 9.59 Å². The molecule has 1 aliphatic heterocycles. The van der Waals surface area contributed by atoms with Gasteiger partial charge in [0, 0.05) is 23.8 Å². The molecule has 1 heterocycles. The maximum Gasteiger partial charge on any atom is 0.328 e. The van der Waals surface area contributed by atoms with Crippen LogP contribution in [0.3, 0.4) is 0 Å². The van der Waals surface area contributed by atoms with Crippen LogP contribution in [0.1, 0.15) is 51.7 Å². The first-order valence-electron chi connectivity index (χ1n) is 9.86. The van der Waals surface area contributed by atoms with Crippen LogP contribution < -0.4 is 5.32 Å². The number of hydrogen-bond acceptors (Lipinski definition) is 6. The third-order valence-electron chi connectivity index (χ3n) is 5.33. The summed E-state index contributed by atoms with van der Waals surface area (Å²) in [5, 5.41) is 13.7. The fourth-order valence-corrected chi connectivity index (χ4v) is 4.05. The Morgan fingerprint density at radius 3 is 2.50 bits per heavy atom. The Labute approximate surface area is 180 Å². The molecular weight excluding hydrogens is 410 g/mol. The number of halogens is 1. The molecule has 0 saturated carbocycles. The maximum absolute atomic E-state index is 13.5. The quantitative estimate of drug-likeness (QED) is 0.558. The van der Waals surface area contributed by atoms with Crippen LogP contribution in [0.15, 0.2) is 23.8 Å². The molecule has 1 atom stereocenters. The van der Waals surface area contributed by atoms with Gasteiger partial charge in [-0.25, -0.2) is 4.79 Å². The topological polar surface area (TPSA) is 102 Å². The summed E-state index contributed by atoms with van der Waals surface area (Å²) in [7, 11) is 0. The zero-order valence-electron chi connectivity index (χ0n) is 17.5. The molecule has 0 radical (unpaired) electrons. The first kappa shape index (κ1) is 22.3.